The molecule has 0 aliphatic carbocycles. The highest BCUT2D eigenvalue weighted by Crippen LogP contribution is 2.24. The zero-order valence-corrected chi connectivity index (χ0v) is 21.3. The van der Waals surface area contributed by atoms with Crippen molar-refractivity contribution >= 4 is 63.2 Å². The molecule has 0 aliphatic heterocycles. The van der Waals surface area contributed by atoms with Gasteiger partial charge in [0.15, 0.2) is 11.0 Å². The number of halogens is 2. The standard InChI is InChI=1S/C24H21ClIN5OS/c25-17-6-10-20(11-7-17)28-23(32)14-15-33-24-30-29-22(31(24)21-4-2-1-3-5-21)16-27-19-12-8-18(26)9-13-19/h1-13,27H,14-16H2,(H,28,32). The Bertz CT molecular complexity index is 1200. The van der Waals surface area contributed by atoms with Gasteiger partial charge >= 0.3 is 0 Å². The van der Waals surface area contributed by atoms with Gasteiger partial charge in [-0.05, 0) is 83.3 Å². The molecular weight excluding hydrogens is 569 g/mol. The smallest absolute Gasteiger partial charge is 0.225 e. The molecule has 0 fully saturated rings. The predicted molar refractivity (Wildman–Crippen MR) is 143 cm³/mol. The van der Waals surface area contributed by atoms with Crippen LogP contribution in [0.3, 0.4) is 0 Å². The Morgan fingerprint density at radius 3 is 2.36 bits per heavy atom. The van der Waals surface area contributed by atoms with Gasteiger partial charge in [-0.25, -0.2) is 0 Å². The molecule has 0 saturated carbocycles. The molecule has 2 N–H and O–H groups in total. The van der Waals surface area contributed by atoms with E-state index in [0.717, 1.165) is 28.0 Å². The summed E-state index contributed by atoms with van der Waals surface area (Å²) in [6.07, 6.45) is 0.352. The van der Waals surface area contributed by atoms with E-state index in [2.05, 4.69) is 55.6 Å². The molecule has 0 saturated heterocycles. The molecule has 3 aromatic carbocycles. The molecule has 0 aliphatic rings. The van der Waals surface area contributed by atoms with Gasteiger partial charge in [0.1, 0.15) is 0 Å². The largest absolute Gasteiger partial charge is 0.378 e. The highest BCUT2D eigenvalue weighted by atomic mass is 127. The highest BCUT2D eigenvalue weighted by Gasteiger charge is 2.15. The second-order valence-electron chi connectivity index (χ2n) is 7.08. The number of benzene rings is 3. The fourth-order valence-corrected chi connectivity index (χ4v) is 4.48. The summed E-state index contributed by atoms with van der Waals surface area (Å²) in [5.74, 6) is 1.32. The highest BCUT2D eigenvalue weighted by molar-refractivity contribution is 14.1. The third-order valence-corrected chi connectivity index (χ3v) is 6.60. The third-order valence-electron chi connectivity index (χ3n) is 4.70. The van der Waals surface area contributed by atoms with E-state index in [-0.39, 0.29) is 5.91 Å². The summed E-state index contributed by atoms with van der Waals surface area (Å²) in [4.78, 5) is 12.3. The topological polar surface area (TPSA) is 71.8 Å². The summed E-state index contributed by atoms with van der Waals surface area (Å²) in [6.45, 7) is 0.528. The summed E-state index contributed by atoms with van der Waals surface area (Å²) < 4.78 is 3.21. The molecule has 0 radical (unpaired) electrons. The Labute approximate surface area is 215 Å². The molecule has 4 aromatic rings. The van der Waals surface area contributed by atoms with Gasteiger partial charge in [0.2, 0.25) is 5.91 Å². The van der Waals surface area contributed by atoms with Crippen LogP contribution in [0.15, 0.2) is 84.0 Å². The summed E-state index contributed by atoms with van der Waals surface area (Å²) in [5.41, 5.74) is 2.73. The van der Waals surface area contributed by atoms with E-state index in [1.807, 2.05) is 47.0 Å². The minimum absolute atomic E-state index is 0.0591. The summed E-state index contributed by atoms with van der Waals surface area (Å²) in [7, 11) is 0. The van der Waals surface area contributed by atoms with Crippen molar-refractivity contribution in [3.63, 3.8) is 0 Å². The van der Waals surface area contributed by atoms with E-state index in [1.165, 1.54) is 15.3 Å². The van der Waals surface area contributed by atoms with Gasteiger partial charge in [-0.15, -0.1) is 10.2 Å². The van der Waals surface area contributed by atoms with E-state index >= 15 is 0 Å². The number of nitrogens with zero attached hydrogens (tertiary/aromatic N) is 3. The molecule has 0 atom stereocenters. The van der Waals surface area contributed by atoms with Gasteiger partial charge in [-0.2, -0.15) is 0 Å². The Kier molecular flexibility index (Phi) is 8.25. The number of amides is 1. The first kappa shape index (κ1) is 23.6. The summed E-state index contributed by atoms with van der Waals surface area (Å²) in [6, 6.07) is 25.3. The van der Waals surface area contributed by atoms with Crippen LogP contribution in [0.2, 0.25) is 5.02 Å². The van der Waals surface area contributed by atoms with Crippen LogP contribution in [-0.4, -0.2) is 26.4 Å². The maximum absolute atomic E-state index is 12.3. The predicted octanol–water partition coefficient (Wildman–Crippen LogP) is 6.26. The van der Waals surface area contributed by atoms with Crippen molar-refractivity contribution in [1.82, 2.24) is 14.8 Å². The summed E-state index contributed by atoms with van der Waals surface area (Å²) >= 11 is 9.69. The first-order valence-corrected chi connectivity index (χ1v) is 12.7. The average Bonchev–Trinajstić information content (AvgIpc) is 3.23. The molecule has 1 amide bonds. The lowest BCUT2D eigenvalue weighted by Crippen LogP contribution is -2.12. The van der Waals surface area contributed by atoms with Crippen LogP contribution in [0.4, 0.5) is 11.4 Å². The van der Waals surface area contributed by atoms with Crippen LogP contribution in [-0.2, 0) is 11.3 Å². The van der Waals surface area contributed by atoms with Crippen LogP contribution >= 0.6 is 46.0 Å². The molecule has 0 bridgehead atoms. The van der Waals surface area contributed by atoms with E-state index in [9.17, 15) is 4.79 Å². The fraction of sp³-hybridized carbons (Fsp3) is 0.125. The number of carbonyl (C=O) groups excluding carboxylic acids is 1. The van der Waals surface area contributed by atoms with Crippen molar-refractivity contribution in [2.45, 2.75) is 18.1 Å². The van der Waals surface area contributed by atoms with Crippen LogP contribution in [0.1, 0.15) is 12.2 Å². The van der Waals surface area contributed by atoms with Gasteiger partial charge in [0.05, 0.1) is 6.54 Å². The Hall–Kier alpha value is -2.56. The second-order valence-corrected chi connectivity index (χ2v) is 9.83. The lowest BCUT2D eigenvalue weighted by molar-refractivity contribution is -0.115. The number of hydrogen-bond donors (Lipinski definition) is 2. The molecular formula is C24H21ClIN5OS. The lowest BCUT2D eigenvalue weighted by Gasteiger charge is -2.11. The van der Waals surface area contributed by atoms with Crippen molar-refractivity contribution in [3.05, 3.63) is 93.3 Å². The first-order valence-electron chi connectivity index (χ1n) is 10.3. The second kappa shape index (κ2) is 11.5. The Morgan fingerprint density at radius 2 is 1.64 bits per heavy atom. The molecule has 0 unspecified atom stereocenters. The lowest BCUT2D eigenvalue weighted by atomic mass is 10.3. The van der Waals surface area contributed by atoms with Crippen molar-refractivity contribution in [1.29, 1.82) is 0 Å². The molecule has 4 rings (SSSR count). The Balaban J connectivity index is 1.42. The van der Waals surface area contributed by atoms with Gasteiger partial charge in [0.25, 0.3) is 0 Å². The molecule has 168 valence electrons. The van der Waals surface area contributed by atoms with Crippen molar-refractivity contribution in [2.24, 2.45) is 0 Å². The molecule has 6 nitrogen and oxygen atoms in total. The SMILES string of the molecule is O=C(CCSc1nnc(CNc2ccc(I)cc2)n1-c1ccccc1)Nc1ccc(Cl)cc1. The van der Waals surface area contributed by atoms with Gasteiger partial charge in [0, 0.05) is 37.8 Å². The molecule has 1 aromatic heterocycles. The number of hydrogen-bond acceptors (Lipinski definition) is 5. The molecule has 33 heavy (non-hydrogen) atoms. The number of thioether (sulfide) groups is 1. The normalized spacial score (nSPS) is 10.7. The van der Waals surface area contributed by atoms with Gasteiger partial charge in [-0.1, -0.05) is 41.6 Å². The molecule has 1 heterocycles. The molecule has 0 spiro atoms. The van der Waals surface area contributed by atoms with E-state index in [0.29, 0.717) is 23.7 Å². The number of para-hydroxylation sites is 1. The zero-order valence-electron chi connectivity index (χ0n) is 17.5. The number of anilines is 2. The van der Waals surface area contributed by atoms with Crippen LogP contribution in [0, 0.1) is 3.57 Å². The van der Waals surface area contributed by atoms with Crippen molar-refractivity contribution in [2.75, 3.05) is 16.4 Å². The van der Waals surface area contributed by atoms with Crippen molar-refractivity contribution < 1.29 is 4.79 Å². The number of nitrogens with one attached hydrogen (secondary N) is 2. The third kappa shape index (κ3) is 6.72. The van der Waals surface area contributed by atoms with Gasteiger partial charge < -0.3 is 10.6 Å². The van der Waals surface area contributed by atoms with E-state index < -0.39 is 0 Å². The van der Waals surface area contributed by atoms with Gasteiger partial charge in [-0.3, -0.25) is 9.36 Å². The average molecular weight is 590 g/mol. The maximum atomic E-state index is 12.3. The fourth-order valence-electron chi connectivity index (χ4n) is 3.09. The summed E-state index contributed by atoms with van der Waals surface area (Å²) in [5, 5.41) is 16.5. The Morgan fingerprint density at radius 1 is 0.939 bits per heavy atom. The van der Waals surface area contributed by atoms with Crippen LogP contribution in [0.5, 0.6) is 0 Å². The van der Waals surface area contributed by atoms with Crippen molar-refractivity contribution in [3.8, 4) is 5.69 Å². The monoisotopic (exact) mass is 589 g/mol. The maximum Gasteiger partial charge on any atom is 0.225 e. The minimum atomic E-state index is -0.0591. The zero-order chi connectivity index (χ0) is 23.0. The quantitative estimate of drug-likeness (QED) is 0.178. The minimum Gasteiger partial charge on any atom is -0.378 e. The van der Waals surface area contributed by atoms with E-state index in [1.54, 1.807) is 24.3 Å². The number of aromatic nitrogens is 3. The number of carbonyl (C=O) groups is 1. The molecule has 9 heteroatoms. The first-order chi connectivity index (χ1) is 16.1. The van der Waals surface area contributed by atoms with Crippen LogP contribution in [0.25, 0.3) is 5.69 Å². The van der Waals surface area contributed by atoms with E-state index in [4.69, 9.17) is 11.6 Å². The number of rotatable bonds is 9. The van der Waals surface area contributed by atoms with Crippen LogP contribution < -0.4 is 10.6 Å².